The van der Waals surface area contributed by atoms with Gasteiger partial charge in [0.2, 0.25) is 0 Å². The summed E-state index contributed by atoms with van der Waals surface area (Å²) in [7, 11) is 1.66. The molecule has 1 atom stereocenters. The lowest BCUT2D eigenvalue weighted by Gasteiger charge is -2.22. The van der Waals surface area contributed by atoms with Gasteiger partial charge in [0.15, 0.2) is 0 Å². The van der Waals surface area contributed by atoms with Crippen LogP contribution in [0.1, 0.15) is 30.4 Å². The van der Waals surface area contributed by atoms with Crippen molar-refractivity contribution in [3.63, 3.8) is 0 Å². The van der Waals surface area contributed by atoms with Crippen molar-refractivity contribution in [2.75, 3.05) is 20.3 Å². The molecule has 2 N–H and O–H groups in total. The molecule has 106 valence electrons. The zero-order valence-electron chi connectivity index (χ0n) is 11.6. The first-order chi connectivity index (χ1) is 9.33. The number of hydrogen-bond donors (Lipinski definition) is 1. The zero-order chi connectivity index (χ0) is 13.5. The van der Waals surface area contributed by atoms with Gasteiger partial charge in [-0.3, -0.25) is 0 Å². The van der Waals surface area contributed by atoms with E-state index in [0.29, 0.717) is 19.8 Å². The average molecular weight is 265 g/mol. The summed E-state index contributed by atoms with van der Waals surface area (Å²) in [5.74, 6) is 0.831. The first-order valence-corrected chi connectivity index (χ1v) is 6.88. The molecule has 0 spiro atoms. The van der Waals surface area contributed by atoms with Gasteiger partial charge in [-0.2, -0.15) is 0 Å². The highest BCUT2D eigenvalue weighted by molar-refractivity contribution is 5.37. The summed E-state index contributed by atoms with van der Waals surface area (Å²) in [4.78, 5) is 0. The van der Waals surface area contributed by atoms with Gasteiger partial charge in [-0.15, -0.1) is 0 Å². The number of ether oxygens (including phenoxy) is 3. The molecule has 2 rings (SSSR count). The SMILES string of the molecule is COc1cc(COCC2CCCCO2)ccc1CN. The Morgan fingerprint density at radius 1 is 1.37 bits per heavy atom. The third kappa shape index (κ3) is 4.20. The Labute approximate surface area is 114 Å². The van der Waals surface area contributed by atoms with E-state index >= 15 is 0 Å². The Bertz CT molecular complexity index is 389. The molecule has 0 bridgehead atoms. The highest BCUT2D eigenvalue weighted by atomic mass is 16.5. The number of nitrogens with two attached hydrogens (primary N) is 1. The molecule has 1 aromatic carbocycles. The minimum atomic E-state index is 0.263. The van der Waals surface area contributed by atoms with E-state index in [1.807, 2.05) is 18.2 Å². The van der Waals surface area contributed by atoms with Gasteiger partial charge in [-0.1, -0.05) is 12.1 Å². The molecule has 0 aliphatic carbocycles. The molecule has 4 nitrogen and oxygen atoms in total. The van der Waals surface area contributed by atoms with Gasteiger partial charge in [0.25, 0.3) is 0 Å². The first-order valence-electron chi connectivity index (χ1n) is 6.88. The fourth-order valence-corrected chi connectivity index (χ4v) is 2.29. The van der Waals surface area contributed by atoms with Crippen molar-refractivity contribution < 1.29 is 14.2 Å². The molecule has 1 aromatic rings. The molecule has 1 heterocycles. The van der Waals surface area contributed by atoms with E-state index < -0.39 is 0 Å². The third-order valence-corrected chi connectivity index (χ3v) is 3.42. The normalized spacial score (nSPS) is 19.4. The molecule has 0 radical (unpaired) electrons. The topological polar surface area (TPSA) is 53.7 Å². The van der Waals surface area contributed by atoms with E-state index in [-0.39, 0.29) is 6.10 Å². The van der Waals surface area contributed by atoms with E-state index in [0.717, 1.165) is 29.9 Å². The lowest BCUT2D eigenvalue weighted by atomic mass is 10.1. The fraction of sp³-hybridized carbons (Fsp3) is 0.600. The number of benzene rings is 1. The second-order valence-electron chi connectivity index (χ2n) is 4.85. The molecule has 19 heavy (non-hydrogen) atoms. The predicted molar refractivity (Wildman–Crippen MR) is 74.1 cm³/mol. The van der Waals surface area contributed by atoms with Gasteiger partial charge < -0.3 is 19.9 Å². The third-order valence-electron chi connectivity index (χ3n) is 3.42. The van der Waals surface area contributed by atoms with Crippen LogP contribution < -0.4 is 10.5 Å². The molecule has 4 heteroatoms. The van der Waals surface area contributed by atoms with Crippen LogP contribution in [-0.4, -0.2) is 26.4 Å². The smallest absolute Gasteiger partial charge is 0.123 e. The molecule has 0 aromatic heterocycles. The Hall–Kier alpha value is -1.10. The van der Waals surface area contributed by atoms with Gasteiger partial charge >= 0.3 is 0 Å². The van der Waals surface area contributed by atoms with Gasteiger partial charge in [0.1, 0.15) is 5.75 Å². The van der Waals surface area contributed by atoms with Crippen LogP contribution in [0.25, 0.3) is 0 Å². The zero-order valence-corrected chi connectivity index (χ0v) is 11.6. The van der Waals surface area contributed by atoms with Crippen molar-refractivity contribution >= 4 is 0 Å². The van der Waals surface area contributed by atoms with Crippen molar-refractivity contribution in [1.82, 2.24) is 0 Å². The number of hydrogen-bond acceptors (Lipinski definition) is 4. The van der Waals surface area contributed by atoms with Crippen LogP contribution in [0.5, 0.6) is 5.75 Å². The van der Waals surface area contributed by atoms with Gasteiger partial charge in [0.05, 0.1) is 26.4 Å². The summed E-state index contributed by atoms with van der Waals surface area (Å²) < 4.78 is 16.7. The largest absolute Gasteiger partial charge is 0.496 e. The standard InChI is InChI=1S/C15H23NO3/c1-17-15-8-12(5-6-13(15)9-16)10-18-11-14-4-2-3-7-19-14/h5-6,8,14H,2-4,7,9-11,16H2,1H3. The van der Waals surface area contributed by atoms with Crippen LogP contribution >= 0.6 is 0 Å². The van der Waals surface area contributed by atoms with E-state index in [9.17, 15) is 0 Å². The molecule has 1 fully saturated rings. The van der Waals surface area contributed by atoms with E-state index in [2.05, 4.69) is 0 Å². The minimum absolute atomic E-state index is 0.263. The molecule has 1 unspecified atom stereocenters. The summed E-state index contributed by atoms with van der Waals surface area (Å²) in [6, 6.07) is 6.02. The van der Waals surface area contributed by atoms with Crippen LogP contribution in [0.15, 0.2) is 18.2 Å². The molecular formula is C15H23NO3. The maximum absolute atomic E-state index is 5.72. The lowest BCUT2D eigenvalue weighted by molar-refractivity contribution is -0.0447. The summed E-state index contributed by atoms with van der Waals surface area (Å²) >= 11 is 0. The van der Waals surface area contributed by atoms with Crippen molar-refractivity contribution in [1.29, 1.82) is 0 Å². The van der Waals surface area contributed by atoms with Crippen LogP contribution in [0.2, 0.25) is 0 Å². The monoisotopic (exact) mass is 265 g/mol. The van der Waals surface area contributed by atoms with Crippen molar-refractivity contribution in [3.05, 3.63) is 29.3 Å². The molecule has 0 saturated carbocycles. The van der Waals surface area contributed by atoms with Crippen LogP contribution in [0.4, 0.5) is 0 Å². The quantitative estimate of drug-likeness (QED) is 0.857. The summed E-state index contributed by atoms with van der Waals surface area (Å²) in [5, 5.41) is 0. The highest BCUT2D eigenvalue weighted by Gasteiger charge is 2.13. The van der Waals surface area contributed by atoms with E-state index in [1.54, 1.807) is 7.11 Å². The highest BCUT2D eigenvalue weighted by Crippen LogP contribution is 2.20. The summed E-state index contributed by atoms with van der Waals surface area (Å²) in [6.45, 7) is 2.61. The predicted octanol–water partition coefficient (Wildman–Crippen LogP) is 2.24. The minimum Gasteiger partial charge on any atom is -0.496 e. The van der Waals surface area contributed by atoms with Crippen molar-refractivity contribution in [3.8, 4) is 5.75 Å². The second-order valence-corrected chi connectivity index (χ2v) is 4.85. The summed E-state index contributed by atoms with van der Waals surface area (Å²) in [6.07, 6.45) is 3.79. The maximum Gasteiger partial charge on any atom is 0.123 e. The molecule has 1 saturated heterocycles. The molecular weight excluding hydrogens is 242 g/mol. The number of methoxy groups -OCH3 is 1. The van der Waals surface area contributed by atoms with Gasteiger partial charge in [0, 0.05) is 18.7 Å². The molecule has 0 amide bonds. The average Bonchev–Trinajstić information content (AvgIpc) is 2.48. The van der Waals surface area contributed by atoms with Gasteiger partial charge in [-0.25, -0.2) is 0 Å². The Morgan fingerprint density at radius 3 is 2.95 bits per heavy atom. The Balaban J connectivity index is 1.81. The molecule has 1 aliphatic rings. The summed E-state index contributed by atoms with van der Waals surface area (Å²) in [5.41, 5.74) is 7.76. The molecule has 1 aliphatic heterocycles. The maximum atomic E-state index is 5.72. The Kier molecular flexibility index (Phi) is 5.63. The second kappa shape index (κ2) is 7.48. The van der Waals surface area contributed by atoms with Crippen LogP contribution in [-0.2, 0) is 22.6 Å². The van der Waals surface area contributed by atoms with Crippen LogP contribution in [0.3, 0.4) is 0 Å². The van der Waals surface area contributed by atoms with Gasteiger partial charge in [-0.05, 0) is 30.9 Å². The Morgan fingerprint density at radius 2 is 2.26 bits per heavy atom. The fourth-order valence-electron chi connectivity index (χ4n) is 2.29. The van der Waals surface area contributed by atoms with Crippen molar-refractivity contribution in [2.45, 2.75) is 38.5 Å². The first kappa shape index (κ1) is 14.3. The van der Waals surface area contributed by atoms with Crippen LogP contribution in [0, 0.1) is 0 Å². The van der Waals surface area contributed by atoms with E-state index in [1.165, 1.54) is 12.8 Å². The lowest BCUT2D eigenvalue weighted by Crippen LogP contribution is -2.24. The van der Waals surface area contributed by atoms with E-state index in [4.69, 9.17) is 19.9 Å². The van der Waals surface area contributed by atoms with Crippen molar-refractivity contribution in [2.24, 2.45) is 5.73 Å². The number of rotatable bonds is 6.